The number of carbonyl (C=O) groups is 1. The van der Waals surface area contributed by atoms with Gasteiger partial charge in [-0.15, -0.1) is 0 Å². The predicted molar refractivity (Wildman–Crippen MR) is 52.8 cm³/mol. The van der Waals surface area contributed by atoms with Crippen LogP contribution in [0.15, 0.2) is 42.1 Å². The Bertz CT molecular complexity index is 397. The summed E-state index contributed by atoms with van der Waals surface area (Å²) in [5.74, 6) is -0.683. The monoisotopic (exact) mass is 207 g/mol. The van der Waals surface area contributed by atoms with E-state index in [1.54, 1.807) is 30.3 Å². The highest BCUT2D eigenvalue weighted by Gasteiger charge is 2.22. The number of rotatable bonds is 3. The zero-order valence-corrected chi connectivity index (χ0v) is 8.04. The Morgan fingerprint density at radius 3 is 2.47 bits per heavy atom. The molecule has 0 spiro atoms. The summed E-state index contributed by atoms with van der Waals surface area (Å²) in [4.78, 5) is 20.9. The van der Waals surface area contributed by atoms with Crippen LogP contribution in [0.2, 0.25) is 0 Å². The first-order chi connectivity index (χ1) is 7.15. The second-order valence-electron chi connectivity index (χ2n) is 2.63. The van der Waals surface area contributed by atoms with Gasteiger partial charge >= 0.3 is 11.7 Å². The van der Waals surface area contributed by atoms with E-state index < -0.39 is 16.6 Å². The van der Waals surface area contributed by atoms with Gasteiger partial charge in [-0.25, -0.2) is 4.79 Å². The van der Waals surface area contributed by atoms with Crippen molar-refractivity contribution in [1.82, 2.24) is 0 Å². The molecule has 0 fully saturated rings. The Hall–Kier alpha value is -2.17. The number of esters is 1. The molecule has 0 atom stereocenters. The summed E-state index contributed by atoms with van der Waals surface area (Å²) in [6.07, 6.45) is 1.10. The minimum Gasteiger partial charge on any atom is -0.418 e. The highest BCUT2D eigenvalue weighted by Crippen LogP contribution is 2.10. The molecule has 0 aliphatic heterocycles. The van der Waals surface area contributed by atoms with Crippen LogP contribution in [0.5, 0.6) is 5.75 Å². The third-order valence-electron chi connectivity index (χ3n) is 1.63. The fourth-order valence-electron chi connectivity index (χ4n) is 0.946. The summed E-state index contributed by atoms with van der Waals surface area (Å²) in [5.41, 5.74) is -0.571. The van der Waals surface area contributed by atoms with Gasteiger partial charge in [0.25, 0.3) is 0 Å². The molecule has 5 nitrogen and oxygen atoms in total. The molecule has 78 valence electrons. The average molecular weight is 207 g/mol. The van der Waals surface area contributed by atoms with Gasteiger partial charge in [-0.1, -0.05) is 18.2 Å². The van der Waals surface area contributed by atoms with Crippen LogP contribution in [0, 0.1) is 10.1 Å². The molecule has 0 aliphatic rings. The van der Waals surface area contributed by atoms with Crippen molar-refractivity contribution in [2.75, 3.05) is 0 Å². The van der Waals surface area contributed by atoms with E-state index in [4.69, 9.17) is 4.74 Å². The van der Waals surface area contributed by atoms with Gasteiger partial charge in [0.1, 0.15) is 5.75 Å². The van der Waals surface area contributed by atoms with E-state index in [1.807, 2.05) is 0 Å². The first kappa shape index (κ1) is 10.9. The van der Waals surface area contributed by atoms with Gasteiger partial charge in [-0.3, -0.25) is 10.1 Å². The molecular formula is C10H9NO4. The van der Waals surface area contributed by atoms with Crippen molar-refractivity contribution >= 4 is 5.97 Å². The van der Waals surface area contributed by atoms with Gasteiger partial charge < -0.3 is 4.74 Å². The van der Waals surface area contributed by atoms with Crippen molar-refractivity contribution in [2.45, 2.75) is 6.92 Å². The maximum absolute atomic E-state index is 11.3. The largest absolute Gasteiger partial charge is 0.418 e. The first-order valence-corrected chi connectivity index (χ1v) is 4.23. The van der Waals surface area contributed by atoms with E-state index in [0.717, 1.165) is 6.08 Å². The van der Waals surface area contributed by atoms with Crippen LogP contribution < -0.4 is 4.74 Å². The van der Waals surface area contributed by atoms with Crippen molar-refractivity contribution in [3.05, 3.63) is 52.2 Å². The first-order valence-electron chi connectivity index (χ1n) is 4.23. The van der Waals surface area contributed by atoms with Crippen LogP contribution >= 0.6 is 0 Å². The molecule has 1 rings (SSSR count). The molecule has 1 aromatic rings. The average Bonchev–Trinajstić information content (AvgIpc) is 2.19. The Morgan fingerprint density at radius 1 is 1.40 bits per heavy atom. The smallest absolute Gasteiger partial charge is 0.414 e. The van der Waals surface area contributed by atoms with Gasteiger partial charge in [-0.05, 0) is 25.1 Å². The van der Waals surface area contributed by atoms with Crippen LogP contribution in [0.25, 0.3) is 0 Å². The van der Waals surface area contributed by atoms with Crippen LogP contribution in [-0.4, -0.2) is 10.9 Å². The van der Waals surface area contributed by atoms with Crippen molar-refractivity contribution in [3.8, 4) is 5.75 Å². The fourth-order valence-corrected chi connectivity index (χ4v) is 0.946. The van der Waals surface area contributed by atoms with Crippen molar-refractivity contribution in [3.63, 3.8) is 0 Å². The standard InChI is InChI=1S/C10H9NO4/c1-2-9(11(13)14)10(12)15-8-6-4-3-5-7-8/h2-7H,1H3/b9-2-. The third-order valence-corrected chi connectivity index (χ3v) is 1.63. The number of benzene rings is 1. The number of hydrogen-bond donors (Lipinski definition) is 0. The number of carbonyl (C=O) groups excluding carboxylic acids is 1. The molecule has 0 saturated heterocycles. The van der Waals surface area contributed by atoms with Crippen LogP contribution in [0.3, 0.4) is 0 Å². The van der Waals surface area contributed by atoms with E-state index in [0.29, 0.717) is 0 Å². The van der Waals surface area contributed by atoms with Crippen molar-refractivity contribution in [1.29, 1.82) is 0 Å². The van der Waals surface area contributed by atoms with E-state index in [9.17, 15) is 14.9 Å². The summed E-state index contributed by atoms with van der Waals surface area (Å²) >= 11 is 0. The Kier molecular flexibility index (Phi) is 3.56. The lowest BCUT2D eigenvalue weighted by Gasteiger charge is -2.00. The number of ether oxygens (including phenoxy) is 1. The number of allylic oxidation sites excluding steroid dienone is 1. The number of para-hydroxylation sites is 1. The van der Waals surface area contributed by atoms with Gasteiger partial charge in [0.05, 0.1) is 4.92 Å². The Labute approximate surface area is 86.1 Å². The Morgan fingerprint density at radius 2 is 2.00 bits per heavy atom. The maximum Gasteiger partial charge on any atom is 0.414 e. The van der Waals surface area contributed by atoms with E-state index >= 15 is 0 Å². The van der Waals surface area contributed by atoms with Gasteiger partial charge in [0, 0.05) is 0 Å². The molecule has 5 heteroatoms. The minimum atomic E-state index is -0.964. The minimum absolute atomic E-state index is 0.281. The number of hydrogen-bond acceptors (Lipinski definition) is 4. The van der Waals surface area contributed by atoms with Crippen molar-refractivity contribution < 1.29 is 14.5 Å². The molecule has 0 aliphatic carbocycles. The predicted octanol–water partition coefficient (Wildman–Crippen LogP) is 1.77. The van der Waals surface area contributed by atoms with E-state index in [-0.39, 0.29) is 5.75 Å². The second kappa shape index (κ2) is 4.90. The summed E-state index contributed by atoms with van der Waals surface area (Å²) < 4.78 is 4.78. The molecule has 0 bridgehead atoms. The lowest BCUT2D eigenvalue weighted by Crippen LogP contribution is -2.17. The lowest BCUT2D eigenvalue weighted by atomic mass is 10.3. The molecule has 0 amide bonds. The summed E-state index contributed by atoms with van der Waals surface area (Å²) in [7, 11) is 0. The highest BCUT2D eigenvalue weighted by atomic mass is 16.6. The highest BCUT2D eigenvalue weighted by molar-refractivity contribution is 5.87. The SMILES string of the molecule is C/C=C(/C(=O)Oc1ccccc1)[N+](=O)[O-]. The lowest BCUT2D eigenvalue weighted by molar-refractivity contribution is -0.420. The van der Waals surface area contributed by atoms with Gasteiger partial charge in [0.15, 0.2) is 0 Å². The molecule has 1 aromatic carbocycles. The summed E-state index contributed by atoms with van der Waals surface area (Å²) in [6.45, 7) is 1.41. The summed E-state index contributed by atoms with van der Waals surface area (Å²) in [6, 6.07) is 8.19. The Balaban J connectivity index is 2.76. The number of nitro groups is 1. The molecule has 15 heavy (non-hydrogen) atoms. The quantitative estimate of drug-likeness (QED) is 0.249. The maximum atomic E-state index is 11.3. The van der Waals surface area contributed by atoms with E-state index in [1.165, 1.54) is 6.92 Å². The molecule has 0 radical (unpaired) electrons. The molecule has 0 N–H and O–H groups in total. The topological polar surface area (TPSA) is 69.4 Å². The molecule has 0 unspecified atom stereocenters. The van der Waals surface area contributed by atoms with Gasteiger partial charge in [-0.2, -0.15) is 0 Å². The second-order valence-corrected chi connectivity index (χ2v) is 2.63. The zero-order chi connectivity index (χ0) is 11.3. The molecule has 0 aromatic heterocycles. The van der Waals surface area contributed by atoms with E-state index in [2.05, 4.69) is 0 Å². The summed E-state index contributed by atoms with van der Waals surface area (Å²) in [5, 5.41) is 10.4. The number of nitrogens with zero attached hydrogens (tertiary/aromatic N) is 1. The molecule has 0 saturated carbocycles. The zero-order valence-electron chi connectivity index (χ0n) is 8.04. The molecule has 0 heterocycles. The third kappa shape index (κ3) is 2.91. The fraction of sp³-hybridized carbons (Fsp3) is 0.100. The van der Waals surface area contributed by atoms with Crippen LogP contribution in [0.1, 0.15) is 6.92 Å². The molecular weight excluding hydrogens is 198 g/mol. The van der Waals surface area contributed by atoms with Crippen LogP contribution in [0.4, 0.5) is 0 Å². The normalized spacial score (nSPS) is 10.9. The van der Waals surface area contributed by atoms with Crippen molar-refractivity contribution in [2.24, 2.45) is 0 Å². The van der Waals surface area contributed by atoms with Crippen LogP contribution in [-0.2, 0) is 4.79 Å². The van der Waals surface area contributed by atoms with Gasteiger partial charge in [0.2, 0.25) is 0 Å².